The molecule has 0 unspecified atom stereocenters. The van der Waals surface area contributed by atoms with Gasteiger partial charge < -0.3 is 4.90 Å². The number of Topliss-reactive ketones (excluding diaryl/α,β-unsaturated/α-hetero) is 1. The third-order valence-corrected chi connectivity index (χ3v) is 3.38. The maximum Gasteiger partial charge on any atom is 0.299 e. The van der Waals surface area contributed by atoms with E-state index < -0.39 is 11.7 Å². The summed E-state index contributed by atoms with van der Waals surface area (Å²) >= 11 is 8.96. The van der Waals surface area contributed by atoms with Crippen LogP contribution in [0.2, 0.25) is 0 Å². The van der Waals surface area contributed by atoms with Gasteiger partial charge in [-0.25, -0.2) is 0 Å². The van der Waals surface area contributed by atoms with Crippen molar-refractivity contribution in [3.63, 3.8) is 0 Å². The lowest BCUT2D eigenvalue weighted by Gasteiger charge is -2.17. The Bertz CT molecular complexity index is 527. The molecule has 1 aliphatic rings. The normalized spacial score (nSPS) is 14.1. The zero-order chi connectivity index (χ0) is 12.6. The summed E-state index contributed by atoms with van der Waals surface area (Å²) in [4.78, 5) is 24.9. The topological polar surface area (TPSA) is 37.4 Å². The van der Waals surface area contributed by atoms with Gasteiger partial charge in [0.15, 0.2) is 0 Å². The summed E-state index contributed by atoms with van der Waals surface area (Å²) in [7, 11) is 0. The Kier molecular flexibility index (Phi) is 3.35. The van der Waals surface area contributed by atoms with Gasteiger partial charge in [0.1, 0.15) is 0 Å². The highest BCUT2D eigenvalue weighted by molar-refractivity contribution is 9.10. The average molecular weight is 315 g/mol. The zero-order valence-corrected chi connectivity index (χ0v) is 11.2. The molecule has 0 aliphatic carbocycles. The fraction of sp³-hybridized carbons (Fsp3) is 0.167. The van der Waals surface area contributed by atoms with Crippen molar-refractivity contribution < 1.29 is 9.59 Å². The molecule has 1 heterocycles. The largest absolute Gasteiger partial charge is 0.301 e. The van der Waals surface area contributed by atoms with Gasteiger partial charge in [-0.2, -0.15) is 0 Å². The highest BCUT2D eigenvalue weighted by atomic mass is 79.9. The molecule has 0 bridgehead atoms. The van der Waals surface area contributed by atoms with Gasteiger partial charge in [-0.05, 0) is 23.8 Å². The van der Waals surface area contributed by atoms with E-state index in [1.165, 1.54) is 4.90 Å². The Labute approximate surface area is 112 Å². The highest BCUT2D eigenvalue weighted by Gasteiger charge is 2.35. The standard InChI is InChI=1S/C12H9BrClNO2/c1-7(5-14)6-15-10-4-8(13)2-3-9(10)11(16)12(15)17/h2-4H,1,5-6H2. The molecule has 2 rings (SSSR count). The molecule has 0 fully saturated rings. The summed E-state index contributed by atoms with van der Waals surface area (Å²) in [5, 5.41) is 0. The first-order valence-electron chi connectivity index (χ1n) is 4.93. The zero-order valence-electron chi connectivity index (χ0n) is 8.87. The minimum atomic E-state index is -0.524. The second kappa shape index (κ2) is 4.63. The van der Waals surface area contributed by atoms with E-state index in [1.807, 2.05) is 0 Å². The third kappa shape index (κ3) is 2.15. The molecule has 1 aromatic rings. The Hall–Kier alpha value is -1.13. The van der Waals surface area contributed by atoms with E-state index in [2.05, 4.69) is 22.5 Å². The van der Waals surface area contributed by atoms with Crippen LogP contribution in [0.3, 0.4) is 0 Å². The number of benzene rings is 1. The number of hydrogen-bond acceptors (Lipinski definition) is 2. The van der Waals surface area contributed by atoms with Crippen molar-refractivity contribution in [3.05, 3.63) is 40.4 Å². The van der Waals surface area contributed by atoms with Crippen LogP contribution in [0.5, 0.6) is 0 Å². The molecule has 88 valence electrons. The number of carbonyl (C=O) groups excluding carboxylic acids is 2. The predicted octanol–water partition coefficient (Wildman–Crippen LogP) is 2.77. The molecular weight excluding hydrogens is 305 g/mol. The number of carbonyl (C=O) groups is 2. The van der Waals surface area contributed by atoms with Crippen LogP contribution in [0.4, 0.5) is 5.69 Å². The van der Waals surface area contributed by atoms with E-state index in [9.17, 15) is 9.59 Å². The first kappa shape index (κ1) is 12.3. The number of ketones is 1. The smallest absolute Gasteiger partial charge is 0.299 e. The summed E-state index contributed by atoms with van der Waals surface area (Å²) in [5.74, 6) is -0.736. The summed E-state index contributed by atoms with van der Waals surface area (Å²) in [6.07, 6.45) is 0. The van der Waals surface area contributed by atoms with Gasteiger partial charge in [0, 0.05) is 16.9 Å². The Morgan fingerprint density at radius 3 is 2.76 bits per heavy atom. The number of nitrogens with zero attached hydrogens (tertiary/aromatic N) is 1. The van der Waals surface area contributed by atoms with E-state index >= 15 is 0 Å². The molecular formula is C12H9BrClNO2. The number of halogens is 2. The molecule has 0 aromatic heterocycles. The van der Waals surface area contributed by atoms with Gasteiger partial charge in [-0.15, -0.1) is 11.6 Å². The first-order valence-corrected chi connectivity index (χ1v) is 6.25. The molecule has 0 radical (unpaired) electrons. The summed E-state index contributed by atoms with van der Waals surface area (Å²) in [5.41, 5.74) is 1.74. The van der Waals surface area contributed by atoms with Crippen LogP contribution >= 0.6 is 27.5 Å². The summed E-state index contributed by atoms with van der Waals surface area (Å²) in [6.45, 7) is 4.02. The van der Waals surface area contributed by atoms with E-state index in [0.29, 0.717) is 16.8 Å². The molecule has 1 amide bonds. The summed E-state index contributed by atoms with van der Waals surface area (Å²) < 4.78 is 0.820. The van der Waals surface area contributed by atoms with Gasteiger partial charge in [0.2, 0.25) is 0 Å². The molecule has 0 atom stereocenters. The fourth-order valence-electron chi connectivity index (χ4n) is 1.69. The number of amides is 1. The molecule has 0 spiro atoms. The van der Waals surface area contributed by atoms with Gasteiger partial charge in [-0.3, -0.25) is 9.59 Å². The van der Waals surface area contributed by atoms with Gasteiger partial charge in [-0.1, -0.05) is 22.5 Å². The van der Waals surface area contributed by atoms with Crippen LogP contribution in [0.15, 0.2) is 34.8 Å². The number of alkyl halides is 1. The van der Waals surface area contributed by atoms with Crippen molar-refractivity contribution in [2.45, 2.75) is 0 Å². The molecule has 0 saturated carbocycles. The molecule has 3 nitrogen and oxygen atoms in total. The second-order valence-corrected chi connectivity index (χ2v) is 4.95. The van der Waals surface area contributed by atoms with Gasteiger partial charge in [0.05, 0.1) is 11.3 Å². The average Bonchev–Trinajstić information content (AvgIpc) is 2.54. The van der Waals surface area contributed by atoms with Crippen molar-refractivity contribution in [2.24, 2.45) is 0 Å². The predicted molar refractivity (Wildman–Crippen MR) is 70.7 cm³/mol. The monoisotopic (exact) mass is 313 g/mol. The lowest BCUT2D eigenvalue weighted by atomic mass is 10.1. The fourth-order valence-corrected chi connectivity index (χ4v) is 2.12. The number of rotatable bonds is 3. The summed E-state index contributed by atoms with van der Waals surface area (Å²) in [6, 6.07) is 5.13. The van der Waals surface area contributed by atoms with Crippen molar-refractivity contribution >= 4 is 44.9 Å². The number of fused-ring (bicyclic) bond motifs is 1. The molecule has 0 N–H and O–H groups in total. The van der Waals surface area contributed by atoms with Crippen LogP contribution in [0, 0.1) is 0 Å². The minimum absolute atomic E-state index is 0.265. The second-order valence-electron chi connectivity index (χ2n) is 3.77. The van der Waals surface area contributed by atoms with Crippen LogP contribution in [-0.4, -0.2) is 24.1 Å². The van der Waals surface area contributed by atoms with Crippen LogP contribution in [-0.2, 0) is 4.79 Å². The van der Waals surface area contributed by atoms with E-state index in [-0.39, 0.29) is 12.4 Å². The van der Waals surface area contributed by atoms with Crippen LogP contribution < -0.4 is 4.90 Å². The molecule has 5 heteroatoms. The Morgan fingerprint density at radius 1 is 1.41 bits per heavy atom. The van der Waals surface area contributed by atoms with E-state index in [1.54, 1.807) is 18.2 Å². The number of hydrogen-bond donors (Lipinski definition) is 0. The van der Waals surface area contributed by atoms with Crippen molar-refractivity contribution in [1.29, 1.82) is 0 Å². The van der Waals surface area contributed by atoms with Crippen molar-refractivity contribution in [2.75, 3.05) is 17.3 Å². The van der Waals surface area contributed by atoms with E-state index in [4.69, 9.17) is 11.6 Å². The Balaban J connectivity index is 2.42. The number of anilines is 1. The van der Waals surface area contributed by atoms with Crippen molar-refractivity contribution in [3.8, 4) is 0 Å². The van der Waals surface area contributed by atoms with E-state index in [0.717, 1.165) is 4.47 Å². The van der Waals surface area contributed by atoms with Crippen molar-refractivity contribution in [1.82, 2.24) is 0 Å². The highest BCUT2D eigenvalue weighted by Crippen LogP contribution is 2.32. The first-order chi connectivity index (χ1) is 8.04. The van der Waals surface area contributed by atoms with Crippen LogP contribution in [0.1, 0.15) is 10.4 Å². The third-order valence-electron chi connectivity index (χ3n) is 2.51. The Morgan fingerprint density at radius 2 is 2.12 bits per heavy atom. The lowest BCUT2D eigenvalue weighted by molar-refractivity contribution is -0.114. The molecule has 17 heavy (non-hydrogen) atoms. The van der Waals surface area contributed by atoms with Gasteiger partial charge >= 0.3 is 0 Å². The minimum Gasteiger partial charge on any atom is -0.301 e. The SMILES string of the molecule is C=C(CCl)CN1C(=O)C(=O)c2ccc(Br)cc21. The maximum atomic E-state index is 11.8. The lowest BCUT2D eigenvalue weighted by Crippen LogP contribution is -2.31. The molecule has 1 aliphatic heterocycles. The van der Waals surface area contributed by atoms with Gasteiger partial charge in [0.25, 0.3) is 11.7 Å². The quantitative estimate of drug-likeness (QED) is 0.489. The maximum absolute atomic E-state index is 11.8. The molecule has 0 saturated heterocycles. The van der Waals surface area contributed by atoms with Crippen LogP contribution in [0.25, 0.3) is 0 Å². The molecule has 1 aromatic carbocycles.